The van der Waals surface area contributed by atoms with Crippen molar-refractivity contribution in [1.82, 2.24) is 0 Å². The van der Waals surface area contributed by atoms with E-state index in [1.54, 1.807) is 0 Å². The van der Waals surface area contributed by atoms with E-state index in [2.05, 4.69) is 6.92 Å². The van der Waals surface area contributed by atoms with Gasteiger partial charge in [0, 0.05) is 12.3 Å². The van der Waals surface area contributed by atoms with Gasteiger partial charge < -0.3 is 5.11 Å². The van der Waals surface area contributed by atoms with Crippen molar-refractivity contribution in [3.05, 3.63) is 0 Å². The van der Waals surface area contributed by atoms with Crippen molar-refractivity contribution in [2.45, 2.75) is 65.4 Å². The zero-order valence-electron chi connectivity index (χ0n) is 9.75. The number of aliphatic hydroxyl groups excluding tert-OH is 1. The summed E-state index contributed by atoms with van der Waals surface area (Å²) >= 11 is 0. The summed E-state index contributed by atoms with van der Waals surface area (Å²) in [5, 5.41) is 9.70. The van der Waals surface area contributed by atoms with Crippen molar-refractivity contribution in [2.75, 3.05) is 0 Å². The SMILES string of the molecule is CCCCCC[C@H](O)[C@@H](C)C(=O)CC. The van der Waals surface area contributed by atoms with Gasteiger partial charge in [-0.25, -0.2) is 0 Å². The van der Waals surface area contributed by atoms with Crippen molar-refractivity contribution in [3.63, 3.8) is 0 Å². The largest absolute Gasteiger partial charge is 0.392 e. The van der Waals surface area contributed by atoms with Crippen molar-refractivity contribution < 1.29 is 9.90 Å². The highest BCUT2D eigenvalue weighted by Crippen LogP contribution is 2.14. The Morgan fingerprint density at radius 3 is 2.36 bits per heavy atom. The quantitative estimate of drug-likeness (QED) is 0.612. The molecule has 0 spiro atoms. The molecule has 0 amide bonds. The standard InChI is InChI=1S/C12H24O2/c1-4-6-7-8-9-12(14)10(3)11(13)5-2/h10,12,14H,4-9H2,1-3H3/t10-,12-/m0/s1. The van der Waals surface area contributed by atoms with Crippen molar-refractivity contribution >= 4 is 5.78 Å². The molecule has 0 aliphatic rings. The molecule has 0 fully saturated rings. The second kappa shape index (κ2) is 7.98. The topological polar surface area (TPSA) is 37.3 Å². The molecule has 0 radical (unpaired) electrons. The highest BCUT2D eigenvalue weighted by Gasteiger charge is 2.19. The number of aliphatic hydroxyl groups is 1. The van der Waals surface area contributed by atoms with E-state index < -0.39 is 6.10 Å². The number of unbranched alkanes of at least 4 members (excludes halogenated alkanes) is 3. The van der Waals surface area contributed by atoms with Gasteiger partial charge in [0.15, 0.2) is 0 Å². The molecule has 0 bridgehead atoms. The van der Waals surface area contributed by atoms with E-state index in [-0.39, 0.29) is 11.7 Å². The number of rotatable bonds is 8. The van der Waals surface area contributed by atoms with Gasteiger partial charge in [-0.1, -0.05) is 46.5 Å². The maximum Gasteiger partial charge on any atom is 0.138 e. The molecule has 1 N–H and O–H groups in total. The van der Waals surface area contributed by atoms with Gasteiger partial charge in [-0.05, 0) is 6.42 Å². The Morgan fingerprint density at radius 1 is 1.21 bits per heavy atom. The summed E-state index contributed by atoms with van der Waals surface area (Å²) in [5.41, 5.74) is 0. The number of hydrogen-bond donors (Lipinski definition) is 1. The fraction of sp³-hybridized carbons (Fsp3) is 0.917. The lowest BCUT2D eigenvalue weighted by molar-refractivity contribution is -0.125. The summed E-state index contributed by atoms with van der Waals surface area (Å²) in [6.07, 6.45) is 5.51. The number of hydrogen-bond acceptors (Lipinski definition) is 2. The van der Waals surface area contributed by atoms with E-state index in [1.165, 1.54) is 19.3 Å². The molecule has 0 rings (SSSR count). The minimum absolute atomic E-state index is 0.174. The van der Waals surface area contributed by atoms with Crippen molar-refractivity contribution in [2.24, 2.45) is 5.92 Å². The third kappa shape index (κ3) is 5.38. The summed E-state index contributed by atoms with van der Waals surface area (Å²) in [7, 11) is 0. The second-order valence-corrected chi connectivity index (χ2v) is 4.03. The van der Waals surface area contributed by atoms with Crippen LogP contribution in [0.5, 0.6) is 0 Å². The van der Waals surface area contributed by atoms with Crippen LogP contribution in [0, 0.1) is 5.92 Å². The summed E-state index contributed by atoms with van der Waals surface area (Å²) in [6.45, 7) is 5.85. The van der Waals surface area contributed by atoms with Gasteiger partial charge in [0.1, 0.15) is 5.78 Å². The first kappa shape index (κ1) is 13.6. The molecule has 0 aromatic carbocycles. The predicted octanol–water partition coefficient (Wildman–Crippen LogP) is 2.93. The molecule has 2 heteroatoms. The highest BCUT2D eigenvalue weighted by molar-refractivity contribution is 5.80. The van der Waals surface area contributed by atoms with Crippen LogP contribution in [0.1, 0.15) is 59.3 Å². The molecule has 0 saturated carbocycles. The number of ketones is 1. The Labute approximate surface area is 87.7 Å². The maximum absolute atomic E-state index is 11.3. The molecule has 0 aromatic heterocycles. The van der Waals surface area contributed by atoms with Crippen LogP contribution in [-0.2, 0) is 4.79 Å². The fourth-order valence-electron chi connectivity index (χ4n) is 1.57. The van der Waals surface area contributed by atoms with E-state index in [0.29, 0.717) is 6.42 Å². The van der Waals surface area contributed by atoms with Crippen LogP contribution in [-0.4, -0.2) is 17.0 Å². The lowest BCUT2D eigenvalue weighted by Gasteiger charge is -2.16. The summed E-state index contributed by atoms with van der Waals surface area (Å²) in [5.74, 6) is -0.00498. The molecule has 0 unspecified atom stereocenters. The Kier molecular flexibility index (Phi) is 7.77. The Hall–Kier alpha value is -0.370. The van der Waals surface area contributed by atoms with Crippen LogP contribution >= 0.6 is 0 Å². The van der Waals surface area contributed by atoms with Crippen molar-refractivity contribution in [1.29, 1.82) is 0 Å². The van der Waals surface area contributed by atoms with Crippen molar-refractivity contribution in [3.8, 4) is 0 Å². The maximum atomic E-state index is 11.3. The van der Waals surface area contributed by atoms with Gasteiger partial charge in [-0.15, -0.1) is 0 Å². The normalized spacial score (nSPS) is 15.1. The summed E-state index contributed by atoms with van der Waals surface area (Å²) in [6, 6.07) is 0. The van der Waals surface area contributed by atoms with Crippen LogP contribution in [0.15, 0.2) is 0 Å². The molecule has 0 aliphatic carbocycles. The molecule has 2 atom stereocenters. The van der Waals surface area contributed by atoms with E-state index in [9.17, 15) is 9.90 Å². The van der Waals surface area contributed by atoms with E-state index >= 15 is 0 Å². The van der Waals surface area contributed by atoms with Crippen LogP contribution in [0.4, 0.5) is 0 Å². The molecular weight excluding hydrogens is 176 g/mol. The van der Waals surface area contributed by atoms with E-state index in [4.69, 9.17) is 0 Å². The lowest BCUT2D eigenvalue weighted by Crippen LogP contribution is -2.25. The van der Waals surface area contributed by atoms with Gasteiger partial charge in [0.2, 0.25) is 0 Å². The van der Waals surface area contributed by atoms with Gasteiger partial charge >= 0.3 is 0 Å². The Morgan fingerprint density at radius 2 is 1.86 bits per heavy atom. The molecule has 2 nitrogen and oxygen atoms in total. The first-order valence-corrected chi connectivity index (χ1v) is 5.84. The summed E-state index contributed by atoms with van der Waals surface area (Å²) < 4.78 is 0. The van der Waals surface area contributed by atoms with Crippen LogP contribution in [0.25, 0.3) is 0 Å². The van der Waals surface area contributed by atoms with E-state index in [1.807, 2.05) is 13.8 Å². The first-order valence-electron chi connectivity index (χ1n) is 5.84. The predicted molar refractivity (Wildman–Crippen MR) is 59.2 cm³/mol. The molecule has 0 saturated heterocycles. The minimum atomic E-state index is -0.431. The van der Waals surface area contributed by atoms with Gasteiger partial charge in [-0.2, -0.15) is 0 Å². The second-order valence-electron chi connectivity index (χ2n) is 4.03. The van der Waals surface area contributed by atoms with Crippen LogP contribution in [0.3, 0.4) is 0 Å². The Balaban J connectivity index is 3.61. The van der Waals surface area contributed by atoms with Gasteiger partial charge in [0.05, 0.1) is 6.10 Å². The molecular formula is C12H24O2. The third-order valence-electron chi connectivity index (χ3n) is 2.79. The van der Waals surface area contributed by atoms with Crippen LogP contribution in [0.2, 0.25) is 0 Å². The minimum Gasteiger partial charge on any atom is -0.392 e. The number of Topliss-reactive ketones (excluding diaryl/α,β-unsaturated/α-hetero) is 1. The smallest absolute Gasteiger partial charge is 0.138 e. The summed E-state index contributed by atoms with van der Waals surface area (Å²) in [4.78, 5) is 11.3. The van der Waals surface area contributed by atoms with Crippen LogP contribution < -0.4 is 0 Å². The Bertz CT molecular complexity index is 154. The molecule has 0 aliphatic heterocycles. The molecule has 14 heavy (non-hydrogen) atoms. The number of carbonyl (C=O) groups is 1. The average Bonchev–Trinajstić information content (AvgIpc) is 2.21. The van der Waals surface area contributed by atoms with Gasteiger partial charge in [-0.3, -0.25) is 4.79 Å². The highest BCUT2D eigenvalue weighted by atomic mass is 16.3. The number of carbonyl (C=O) groups excluding carboxylic acids is 1. The lowest BCUT2D eigenvalue weighted by atomic mass is 9.94. The monoisotopic (exact) mass is 200 g/mol. The first-order chi connectivity index (χ1) is 6.63. The zero-order valence-corrected chi connectivity index (χ0v) is 9.75. The molecule has 0 heterocycles. The molecule has 0 aromatic rings. The molecule has 84 valence electrons. The zero-order chi connectivity index (χ0) is 11.0. The third-order valence-corrected chi connectivity index (χ3v) is 2.79. The average molecular weight is 200 g/mol. The van der Waals surface area contributed by atoms with E-state index in [0.717, 1.165) is 12.8 Å². The van der Waals surface area contributed by atoms with Gasteiger partial charge in [0.25, 0.3) is 0 Å². The fourth-order valence-corrected chi connectivity index (χ4v) is 1.57.